The maximum Gasteiger partial charge on any atom is 0.259 e. The molecule has 7 nitrogen and oxygen atoms in total. The highest BCUT2D eigenvalue weighted by molar-refractivity contribution is 5.98. The van der Waals surface area contributed by atoms with Gasteiger partial charge in [-0.3, -0.25) is 9.59 Å². The summed E-state index contributed by atoms with van der Waals surface area (Å²) in [4.78, 5) is 33.7. The van der Waals surface area contributed by atoms with E-state index in [1.54, 1.807) is 48.0 Å². The Bertz CT molecular complexity index is 1040. The second kappa shape index (κ2) is 9.47. The summed E-state index contributed by atoms with van der Waals surface area (Å²) >= 11 is 0. The minimum atomic E-state index is -0.422. The van der Waals surface area contributed by atoms with Crippen LogP contribution in [0.3, 0.4) is 0 Å². The number of aliphatic hydroxyl groups is 1. The van der Waals surface area contributed by atoms with Crippen molar-refractivity contribution in [3.8, 4) is 17.0 Å². The molecular formula is C25H30FN3O4. The van der Waals surface area contributed by atoms with Crippen LogP contribution in [0.15, 0.2) is 36.5 Å². The fraction of sp³-hybridized carbons (Fsp3) is 0.480. The number of ether oxygens (including phenoxy) is 1. The topological polar surface area (TPSA) is 83.0 Å². The number of carbonyl (C=O) groups is 2. The van der Waals surface area contributed by atoms with Gasteiger partial charge in [0.05, 0.1) is 19.2 Å². The molecule has 3 atom stereocenters. The molecule has 1 N–H and O–H groups in total. The van der Waals surface area contributed by atoms with Crippen LogP contribution >= 0.6 is 0 Å². The molecule has 33 heavy (non-hydrogen) atoms. The van der Waals surface area contributed by atoms with Crippen molar-refractivity contribution in [2.75, 3.05) is 26.7 Å². The molecule has 1 saturated carbocycles. The van der Waals surface area contributed by atoms with Crippen LogP contribution in [0.4, 0.5) is 4.39 Å². The maximum atomic E-state index is 14.4. The molecule has 0 unspecified atom stereocenters. The maximum absolute atomic E-state index is 14.4. The van der Waals surface area contributed by atoms with Crippen molar-refractivity contribution in [2.45, 2.75) is 38.8 Å². The molecule has 1 aromatic carbocycles. The van der Waals surface area contributed by atoms with Crippen molar-refractivity contribution < 1.29 is 23.8 Å². The highest BCUT2D eigenvalue weighted by atomic mass is 19.1. The van der Waals surface area contributed by atoms with Crippen LogP contribution in [0.2, 0.25) is 0 Å². The van der Waals surface area contributed by atoms with Crippen LogP contribution < -0.4 is 4.74 Å². The Morgan fingerprint density at radius 1 is 1.33 bits per heavy atom. The molecule has 2 amide bonds. The average molecular weight is 456 g/mol. The van der Waals surface area contributed by atoms with E-state index in [0.29, 0.717) is 24.2 Å². The van der Waals surface area contributed by atoms with Crippen molar-refractivity contribution in [1.82, 2.24) is 14.8 Å². The number of amides is 2. The third kappa shape index (κ3) is 4.85. The molecule has 176 valence electrons. The fourth-order valence-corrected chi connectivity index (χ4v) is 4.16. The quantitative estimate of drug-likeness (QED) is 0.724. The number of fused-ring (bicyclic) bond motifs is 1. The van der Waals surface area contributed by atoms with Crippen LogP contribution in [-0.2, 0) is 4.79 Å². The summed E-state index contributed by atoms with van der Waals surface area (Å²) in [6.07, 6.45) is 2.94. The average Bonchev–Trinajstić information content (AvgIpc) is 3.66. The number of carbonyl (C=O) groups excluding carboxylic acids is 2. The molecule has 2 heterocycles. The van der Waals surface area contributed by atoms with Gasteiger partial charge in [-0.25, -0.2) is 9.37 Å². The normalized spacial score (nSPS) is 21.5. The Morgan fingerprint density at radius 3 is 2.73 bits per heavy atom. The molecule has 0 spiro atoms. The molecule has 1 aliphatic carbocycles. The van der Waals surface area contributed by atoms with Gasteiger partial charge in [-0.1, -0.05) is 25.1 Å². The van der Waals surface area contributed by atoms with Gasteiger partial charge < -0.3 is 19.6 Å². The van der Waals surface area contributed by atoms with E-state index in [1.165, 1.54) is 12.3 Å². The van der Waals surface area contributed by atoms with Gasteiger partial charge in [0, 0.05) is 42.8 Å². The molecule has 2 aliphatic rings. The number of rotatable bonds is 6. The third-order valence-corrected chi connectivity index (χ3v) is 6.46. The zero-order chi connectivity index (χ0) is 23.7. The van der Waals surface area contributed by atoms with E-state index < -0.39 is 18.0 Å². The third-order valence-electron chi connectivity index (χ3n) is 6.46. The van der Waals surface area contributed by atoms with Crippen molar-refractivity contribution in [3.63, 3.8) is 0 Å². The molecular weight excluding hydrogens is 425 g/mol. The van der Waals surface area contributed by atoms with E-state index in [9.17, 15) is 19.1 Å². The Hall–Kier alpha value is -3.00. The summed E-state index contributed by atoms with van der Waals surface area (Å²) in [5, 5.41) is 9.78. The number of hydrogen-bond acceptors (Lipinski definition) is 5. The number of benzene rings is 1. The first-order chi connectivity index (χ1) is 15.8. The van der Waals surface area contributed by atoms with Gasteiger partial charge in [0.15, 0.2) is 0 Å². The molecule has 8 heteroatoms. The molecule has 0 bridgehead atoms. The number of likely N-dealkylation sites (N-methyl/N-ethyl adjacent to an activating group) is 1. The van der Waals surface area contributed by atoms with Crippen molar-refractivity contribution in [1.29, 1.82) is 0 Å². The number of aromatic nitrogens is 1. The molecule has 1 aromatic heterocycles. The summed E-state index contributed by atoms with van der Waals surface area (Å²) < 4.78 is 20.6. The zero-order valence-corrected chi connectivity index (χ0v) is 19.2. The molecule has 0 saturated heterocycles. The summed E-state index contributed by atoms with van der Waals surface area (Å²) in [5.41, 5.74) is 1.01. The second-order valence-corrected chi connectivity index (χ2v) is 9.17. The van der Waals surface area contributed by atoms with Crippen molar-refractivity contribution >= 4 is 11.8 Å². The largest absolute Gasteiger partial charge is 0.472 e. The number of hydrogen-bond donors (Lipinski definition) is 1. The van der Waals surface area contributed by atoms with Gasteiger partial charge in [-0.05, 0) is 31.9 Å². The van der Waals surface area contributed by atoms with E-state index in [0.717, 1.165) is 12.8 Å². The summed E-state index contributed by atoms with van der Waals surface area (Å²) in [7, 11) is 1.77. The number of nitrogens with zero attached hydrogens (tertiary/aromatic N) is 3. The first kappa shape index (κ1) is 23.2. The van der Waals surface area contributed by atoms with Gasteiger partial charge in [0.1, 0.15) is 17.5 Å². The summed E-state index contributed by atoms with van der Waals surface area (Å²) in [6, 6.07) is 7.47. The fourth-order valence-electron chi connectivity index (χ4n) is 4.16. The minimum Gasteiger partial charge on any atom is -0.472 e. The van der Waals surface area contributed by atoms with Gasteiger partial charge in [-0.2, -0.15) is 0 Å². The predicted molar refractivity (Wildman–Crippen MR) is 121 cm³/mol. The van der Waals surface area contributed by atoms with E-state index in [4.69, 9.17) is 4.74 Å². The van der Waals surface area contributed by atoms with Gasteiger partial charge in [0.2, 0.25) is 11.8 Å². The monoisotopic (exact) mass is 455 g/mol. The summed E-state index contributed by atoms with van der Waals surface area (Å²) in [6.45, 7) is 4.25. The predicted octanol–water partition coefficient (Wildman–Crippen LogP) is 2.98. The van der Waals surface area contributed by atoms with E-state index in [2.05, 4.69) is 4.98 Å². The lowest BCUT2D eigenvalue weighted by Crippen LogP contribution is -2.50. The van der Waals surface area contributed by atoms with Crippen LogP contribution in [0.5, 0.6) is 5.88 Å². The molecule has 0 radical (unpaired) electrons. The Kier molecular flexibility index (Phi) is 6.65. The SMILES string of the molecule is C[C@@H]1CN([C@@H](C)CO)C(=O)c2cc(-c3ccccc3F)cnc2O[C@H]1CN(C)C(=O)C1CC1. The highest BCUT2D eigenvalue weighted by Gasteiger charge is 2.37. The first-order valence-electron chi connectivity index (χ1n) is 11.4. The standard InChI is InChI=1S/C25H30FN3O4/c1-15-12-29(16(2)14-30)25(32)20-10-18(19-6-4-5-7-21(19)26)11-27-23(20)33-22(15)13-28(3)24(31)17-8-9-17/h4-7,10-11,15-17,22,30H,8-9,12-14H2,1-3H3/t15-,16+,22+/m1/s1. The van der Waals surface area contributed by atoms with E-state index >= 15 is 0 Å². The second-order valence-electron chi connectivity index (χ2n) is 9.17. The molecule has 2 aromatic rings. The molecule has 4 rings (SSSR count). The lowest BCUT2D eigenvalue weighted by Gasteiger charge is -2.37. The number of pyridine rings is 1. The van der Waals surface area contributed by atoms with Crippen LogP contribution in [0.25, 0.3) is 11.1 Å². The number of halogens is 1. The van der Waals surface area contributed by atoms with Crippen LogP contribution in [0.1, 0.15) is 37.0 Å². The smallest absolute Gasteiger partial charge is 0.259 e. The zero-order valence-electron chi connectivity index (χ0n) is 19.2. The van der Waals surface area contributed by atoms with Crippen LogP contribution in [-0.4, -0.2) is 70.6 Å². The number of aliphatic hydroxyl groups excluding tert-OH is 1. The van der Waals surface area contributed by atoms with Gasteiger partial charge in [0.25, 0.3) is 5.91 Å². The Balaban J connectivity index is 1.71. The van der Waals surface area contributed by atoms with Gasteiger partial charge in [-0.15, -0.1) is 0 Å². The highest BCUT2D eigenvalue weighted by Crippen LogP contribution is 2.33. The van der Waals surface area contributed by atoms with Crippen LogP contribution in [0, 0.1) is 17.7 Å². The van der Waals surface area contributed by atoms with E-state index in [1.807, 2.05) is 6.92 Å². The van der Waals surface area contributed by atoms with Gasteiger partial charge >= 0.3 is 0 Å². The summed E-state index contributed by atoms with van der Waals surface area (Å²) in [5.74, 6) is -0.499. The minimum absolute atomic E-state index is 0.0973. The van der Waals surface area contributed by atoms with E-state index in [-0.39, 0.29) is 41.7 Å². The van der Waals surface area contributed by atoms with Crippen molar-refractivity contribution in [2.24, 2.45) is 11.8 Å². The lowest BCUT2D eigenvalue weighted by molar-refractivity contribution is -0.132. The van der Waals surface area contributed by atoms with Crippen molar-refractivity contribution in [3.05, 3.63) is 47.9 Å². The Labute approximate surface area is 193 Å². The first-order valence-corrected chi connectivity index (χ1v) is 11.4. The molecule has 1 fully saturated rings. The molecule has 1 aliphatic heterocycles. The Morgan fingerprint density at radius 2 is 2.06 bits per heavy atom. The lowest BCUT2D eigenvalue weighted by atomic mass is 9.99.